The Morgan fingerprint density at radius 3 is 1.67 bits per heavy atom. The maximum atomic E-state index is 5.93. The van der Waals surface area contributed by atoms with Crippen LogP contribution in [0.1, 0.15) is 0 Å². The van der Waals surface area contributed by atoms with Crippen molar-refractivity contribution < 1.29 is 4.12 Å². The highest BCUT2D eigenvalue weighted by Crippen LogP contribution is 2.15. The number of fused-ring (bicyclic) bond motifs is 3. The summed E-state index contributed by atoms with van der Waals surface area (Å²) in [6, 6.07) is 17.4. The zero-order valence-electron chi connectivity index (χ0n) is 8.44. The van der Waals surface area contributed by atoms with Gasteiger partial charge in [-0.15, -0.1) is 0 Å². The van der Waals surface area contributed by atoms with Crippen LogP contribution in [-0.2, 0) is 4.12 Å². The fourth-order valence-electron chi connectivity index (χ4n) is 2.09. The van der Waals surface area contributed by atoms with E-state index < -0.39 is 19.5 Å². The molecule has 1 heterocycles. The molecule has 0 N–H and O–H groups in total. The molecule has 0 aliphatic carbocycles. The average molecular weight is 228 g/mol. The molecule has 3 heteroatoms. The van der Waals surface area contributed by atoms with Crippen LogP contribution in [0.3, 0.4) is 0 Å². The highest BCUT2D eigenvalue weighted by molar-refractivity contribution is 6.64. The van der Waals surface area contributed by atoms with E-state index in [0.29, 0.717) is 0 Å². The summed E-state index contributed by atoms with van der Waals surface area (Å²) in [7, 11) is -0.960. The van der Waals surface area contributed by atoms with Crippen LogP contribution in [-0.4, -0.2) is 19.5 Å². The molecule has 15 heavy (non-hydrogen) atoms. The lowest BCUT2D eigenvalue weighted by molar-refractivity contribution is 0.664. The summed E-state index contributed by atoms with van der Waals surface area (Å²) in [5.74, 6) is 0. The summed E-state index contributed by atoms with van der Waals surface area (Å²) in [6.45, 7) is 0. The molecular formula is C12H12OSi2. The SMILES string of the molecule is c1ccc2c(c1)[SiH2]O[SiH2]c1ccccc1-2. The van der Waals surface area contributed by atoms with E-state index in [1.807, 2.05) is 0 Å². The second kappa shape index (κ2) is 3.77. The van der Waals surface area contributed by atoms with Gasteiger partial charge in [-0.25, -0.2) is 0 Å². The van der Waals surface area contributed by atoms with Crippen molar-refractivity contribution in [2.75, 3.05) is 0 Å². The Morgan fingerprint density at radius 2 is 1.13 bits per heavy atom. The molecule has 2 aromatic carbocycles. The Labute approximate surface area is 94.0 Å². The van der Waals surface area contributed by atoms with Crippen molar-refractivity contribution in [2.24, 2.45) is 0 Å². The van der Waals surface area contributed by atoms with Gasteiger partial charge < -0.3 is 4.12 Å². The third-order valence-electron chi connectivity index (χ3n) is 2.84. The highest BCUT2D eigenvalue weighted by atomic mass is 28.3. The molecule has 0 amide bonds. The third kappa shape index (κ3) is 1.58. The lowest BCUT2D eigenvalue weighted by Gasteiger charge is -2.06. The van der Waals surface area contributed by atoms with E-state index in [2.05, 4.69) is 48.5 Å². The van der Waals surface area contributed by atoms with Gasteiger partial charge >= 0.3 is 0 Å². The monoisotopic (exact) mass is 228 g/mol. The van der Waals surface area contributed by atoms with Gasteiger partial charge in [0.15, 0.2) is 19.5 Å². The Bertz CT molecular complexity index is 451. The Balaban J connectivity index is 2.27. The van der Waals surface area contributed by atoms with E-state index in [1.54, 1.807) is 0 Å². The van der Waals surface area contributed by atoms with Crippen molar-refractivity contribution in [2.45, 2.75) is 0 Å². The largest absolute Gasteiger partial charge is 0.458 e. The zero-order chi connectivity index (χ0) is 10.1. The lowest BCUT2D eigenvalue weighted by Crippen LogP contribution is -2.21. The predicted molar refractivity (Wildman–Crippen MR) is 69.3 cm³/mol. The van der Waals surface area contributed by atoms with Crippen LogP contribution in [0.15, 0.2) is 48.5 Å². The van der Waals surface area contributed by atoms with Gasteiger partial charge in [-0.1, -0.05) is 48.5 Å². The first-order valence-corrected chi connectivity index (χ1v) is 7.76. The van der Waals surface area contributed by atoms with Crippen LogP contribution in [0.4, 0.5) is 0 Å². The molecule has 1 aliphatic heterocycles. The molecule has 74 valence electrons. The molecule has 0 aromatic heterocycles. The molecule has 0 spiro atoms. The summed E-state index contributed by atoms with van der Waals surface area (Å²) in [5.41, 5.74) is 2.81. The van der Waals surface area contributed by atoms with Crippen molar-refractivity contribution in [3.8, 4) is 11.1 Å². The third-order valence-corrected chi connectivity index (χ3v) is 6.33. The Morgan fingerprint density at radius 1 is 0.667 bits per heavy atom. The van der Waals surface area contributed by atoms with Crippen LogP contribution in [0.5, 0.6) is 0 Å². The van der Waals surface area contributed by atoms with Gasteiger partial charge in [0.05, 0.1) is 0 Å². The van der Waals surface area contributed by atoms with Crippen LogP contribution in [0.25, 0.3) is 11.1 Å². The fourth-order valence-corrected chi connectivity index (χ4v) is 5.65. The molecule has 0 bridgehead atoms. The summed E-state index contributed by atoms with van der Waals surface area (Å²) in [6.07, 6.45) is 0. The molecule has 0 saturated heterocycles. The topological polar surface area (TPSA) is 9.23 Å². The summed E-state index contributed by atoms with van der Waals surface area (Å²) in [4.78, 5) is 0. The number of rotatable bonds is 0. The van der Waals surface area contributed by atoms with Gasteiger partial charge in [-0.05, 0) is 21.5 Å². The first kappa shape index (κ1) is 9.09. The molecule has 0 saturated carbocycles. The molecule has 3 rings (SSSR count). The smallest absolute Gasteiger partial charge is 0.179 e. The zero-order valence-corrected chi connectivity index (χ0v) is 11.3. The van der Waals surface area contributed by atoms with E-state index in [0.717, 1.165) is 0 Å². The molecular weight excluding hydrogens is 216 g/mol. The molecule has 1 nitrogen and oxygen atoms in total. The number of hydrogen-bond acceptors (Lipinski definition) is 1. The van der Waals surface area contributed by atoms with Gasteiger partial charge in [-0.2, -0.15) is 0 Å². The Hall–Kier alpha value is -1.17. The van der Waals surface area contributed by atoms with Gasteiger partial charge in [0.1, 0.15) is 0 Å². The maximum Gasteiger partial charge on any atom is 0.179 e. The molecule has 0 unspecified atom stereocenters. The van der Waals surface area contributed by atoms with Crippen molar-refractivity contribution in [1.29, 1.82) is 0 Å². The molecule has 0 atom stereocenters. The summed E-state index contributed by atoms with van der Waals surface area (Å²) >= 11 is 0. The van der Waals surface area contributed by atoms with Gasteiger partial charge in [0.2, 0.25) is 0 Å². The fraction of sp³-hybridized carbons (Fsp3) is 0. The molecule has 0 fully saturated rings. The van der Waals surface area contributed by atoms with Crippen LogP contribution in [0.2, 0.25) is 0 Å². The lowest BCUT2D eigenvalue weighted by atomic mass is 10.1. The molecule has 0 radical (unpaired) electrons. The average Bonchev–Trinajstić information content (AvgIpc) is 2.48. The van der Waals surface area contributed by atoms with Gasteiger partial charge in [0, 0.05) is 0 Å². The van der Waals surface area contributed by atoms with E-state index >= 15 is 0 Å². The van der Waals surface area contributed by atoms with E-state index in [-0.39, 0.29) is 0 Å². The Kier molecular flexibility index (Phi) is 2.28. The molecule has 2 aromatic rings. The van der Waals surface area contributed by atoms with Crippen LogP contribution < -0.4 is 10.4 Å². The van der Waals surface area contributed by atoms with E-state index in [4.69, 9.17) is 4.12 Å². The first-order chi connectivity index (χ1) is 7.45. The minimum atomic E-state index is -0.480. The van der Waals surface area contributed by atoms with Gasteiger partial charge in [-0.3, -0.25) is 0 Å². The number of benzene rings is 2. The predicted octanol–water partition coefficient (Wildman–Crippen LogP) is -0.198. The van der Waals surface area contributed by atoms with Crippen LogP contribution in [0, 0.1) is 0 Å². The van der Waals surface area contributed by atoms with Crippen molar-refractivity contribution >= 4 is 29.9 Å². The normalized spacial score (nSPS) is 17.1. The van der Waals surface area contributed by atoms with E-state index in [9.17, 15) is 0 Å². The maximum absolute atomic E-state index is 5.93. The minimum absolute atomic E-state index is 0.480. The highest BCUT2D eigenvalue weighted by Gasteiger charge is 2.13. The number of hydrogen-bond donors (Lipinski definition) is 0. The first-order valence-electron chi connectivity index (χ1n) is 5.19. The van der Waals surface area contributed by atoms with Crippen molar-refractivity contribution in [1.82, 2.24) is 0 Å². The second-order valence-corrected chi connectivity index (χ2v) is 7.54. The second-order valence-electron chi connectivity index (χ2n) is 3.81. The van der Waals surface area contributed by atoms with E-state index in [1.165, 1.54) is 21.5 Å². The standard InChI is InChI=1S/C12H12OSi2/c1-3-7-11-9(5-1)10-6-2-4-8-12(10)15-13-14-11/h1-8H,14-15H2. The quantitative estimate of drug-likeness (QED) is 0.568. The summed E-state index contributed by atoms with van der Waals surface area (Å²) in [5, 5.41) is 2.91. The van der Waals surface area contributed by atoms with Crippen molar-refractivity contribution in [3.63, 3.8) is 0 Å². The molecule has 1 aliphatic rings. The minimum Gasteiger partial charge on any atom is -0.458 e. The van der Waals surface area contributed by atoms with Gasteiger partial charge in [0.25, 0.3) is 0 Å². The van der Waals surface area contributed by atoms with Crippen molar-refractivity contribution in [3.05, 3.63) is 48.5 Å². The van der Waals surface area contributed by atoms with Crippen LogP contribution >= 0.6 is 0 Å². The summed E-state index contributed by atoms with van der Waals surface area (Å²) < 4.78 is 5.93.